The molecular weight excluding hydrogens is 262 g/mol. The molecule has 3 nitrogen and oxygen atoms in total. The van der Waals surface area contributed by atoms with Crippen LogP contribution in [0.4, 0.5) is 0 Å². The number of fused-ring (bicyclic) bond motifs is 1. The van der Waals surface area contributed by atoms with E-state index in [0.29, 0.717) is 6.42 Å². The van der Waals surface area contributed by atoms with Crippen LogP contribution in [0.5, 0.6) is 5.75 Å². The number of hydrogen-bond acceptors (Lipinski definition) is 2. The summed E-state index contributed by atoms with van der Waals surface area (Å²) in [6, 6.07) is 14.7. The Hall–Kier alpha value is -2.55. The van der Waals surface area contributed by atoms with Crippen molar-refractivity contribution >= 4 is 16.7 Å². The number of phenolic OH excluding ortho intramolecular Hbond substituents is 1. The van der Waals surface area contributed by atoms with Crippen LogP contribution in [0, 0.1) is 0 Å². The maximum atomic E-state index is 12.0. The predicted molar refractivity (Wildman–Crippen MR) is 83.7 cm³/mol. The Bertz CT molecular complexity index is 759. The summed E-state index contributed by atoms with van der Waals surface area (Å²) in [4.78, 5) is 15.2. The van der Waals surface area contributed by atoms with Crippen molar-refractivity contribution in [1.82, 2.24) is 4.98 Å². The fourth-order valence-corrected chi connectivity index (χ4v) is 2.58. The van der Waals surface area contributed by atoms with Crippen molar-refractivity contribution in [3.63, 3.8) is 0 Å². The standard InChI is InChI=1S/C18H17NO2/c20-15-9-10-17-16(11-15)14(12-19-17)7-4-8-18(21)13-5-2-1-3-6-13/h1-3,5-6,9-12,19-20H,4,7-8H2. The molecule has 1 heterocycles. The lowest BCUT2D eigenvalue weighted by atomic mass is 10.0. The van der Waals surface area contributed by atoms with Crippen LogP contribution < -0.4 is 0 Å². The van der Waals surface area contributed by atoms with Gasteiger partial charge >= 0.3 is 0 Å². The second-order valence-electron chi connectivity index (χ2n) is 5.19. The van der Waals surface area contributed by atoms with Gasteiger partial charge in [-0.3, -0.25) is 4.79 Å². The Morgan fingerprint density at radius 2 is 1.90 bits per heavy atom. The molecule has 2 aromatic carbocycles. The molecule has 1 aromatic heterocycles. The number of benzene rings is 2. The number of Topliss-reactive ketones (excluding diaryl/α,β-unsaturated/α-hetero) is 1. The van der Waals surface area contributed by atoms with Gasteiger partial charge in [-0.25, -0.2) is 0 Å². The number of aromatic hydroxyl groups is 1. The molecule has 2 N–H and O–H groups in total. The largest absolute Gasteiger partial charge is 0.508 e. The van der Waals surface area contributed by atoms with Crippen LogP contribution in [0.15, 0.2) is 54.7 Å². The normalized spacial score (nSPS) is 10.9. The first-order chi connectivity index (χ1) is 10.2. The van der Waals surface area contributed by atoms with E-state index in [2.05, 4.69) is 4.98 Å². The fourth-order valence-electron chi connectivity index (χ4n) is 2.58. The first-order valence-corrected chi connectivity index (χ1v) is 7.11. The Morgan fingerprint density at radius 1 is 1.10 bits per heavy atom. The number of aromatic nitrogens is 1. The Labute approximate surface area is 123 Å². The number of phenols is 1. The number of nitrogens with one attached hydrogen (secondary N) is 1. The SMILES string of the molecule is O=C(CCCc1c[nH]c2ccc(O)cc12)c1ccccc1. The van der Waals surface area contributed by atoms with E-state index in [9.17, 15) is 9.90 Å². The van der Waals surface area contributed by atoms with Crippen LogP contribution in [0.2, 0.25) is 0 Å². The topological polar surface area (TPSA) is 53.1 Å². The Kier molecular flexibility index (Phi) is 3.73. The van der Waals surface area contributed by atoms with Gasteiger partial charge < -0.3 is 10.1 Å². The van der Waals surface area contributed by atoms with Gasteiger partial charge in [0, 0.05) is 29.1 Å². The van der Waals surface area contributed by atoms with Gasteiger partial charge in [-0.05, 0) is 36.6 Å². The summed E-state index contributed by atoms with van der Waals surface area (Å²) >= 11 is 0. The number of hydrogen-bond donors (Lipinski definition) is 2. The average Bonchev–Trinajstić information content (AvgIpc) is 2.90. The van der Waals surface area contributed by atoms with E-state index < -0.39 is 0 Å². The van der Waals surface area contributed by atoms with Gasteiger partial charge in [0.25, 0.3) is 0 Å². The van der Waals surface area contributed by atoms with Crippen LogP contribution in [-0.2, 0) is 6.42 Å². The fraction of sp³-hybridized carbons (Fsp3) is 0.167. The molecule has 0 radical (unpaired) electrons. The van der Waals surface area contributed by atoms with E-state index in [1.54, 1.807) is 12.1 Å². The molecule has 0 atom stereocenters. The van der Waals surface area contributed by atoms with Crippen molar-refractivity contribution in [3.05, 3.63) is 65.9 Å². The molecule has 0 amide bonds. The number of carbonyl (C=O) groups excluding carboxylic acids is 1. The van der Waals surface area contributed by atoms with Gasteiger partial charge in [0.05, 0.1) is 0 Å². The maximum Gasteiger partial charge on any atom is 0.162 e. The highest BCUT2D eigenvalue weighted by atomic mass is 16.3. The molecule has 21 heavy (non-hydrogen) atoms. The van der Waals surface area contributed by atoms with Gasteiger partial charge in [-0.2, -0.15) is 0 Å². The zero-order valence-corrected chi connectivity index (χ0v) is 11.7. The summed E-state index contributed by atoms with van der Waals surface area (Å²) in [5, 5.41) is 10.6. The number of carbonyl (C=O) groups is 1. The van der Waals surface area contributed by atoms with Gasteiger partial charge in [-0.1, -0.05) is 30.3 Å². The number of aromatic amines is 1. The summed E-state index contributed by atoms with van der Waals surface area (Å²) in [5.74, 6) is 0.446. The molecule has 106 valence electrons. The van der Waals surface area contributed by atoms with Crippen molar-refractivity contribution in [1.29, 1.82) is 0 Å². The zero-order valence-electron chi connectivity index (χ0n) is 11.7. The number of aryl methyl sites for hydroxylation is 1. The highest BCUT2D eigenvalue weighted by Crippen LogP contribution is 2.24. The van der Waals surface area contributed by atoms with Crippen molar-refractivity contribution in [3.8, 4) is 5.75 Å². The Balaban J connectivity index is 1.65. The minimum atomic E-state index is 0.179. The Morgan fingerprint density at radius 3 is 2.71 bits per heavy atom. The minimum absolute atomic E-state index is 0.179. The summed E-state index contributed by atoms with van der Waals surface area (Å²) in [6.45, 7) is 0. The predicted octanol–water partition coefficient (Wildman–Crippen LogP) is 4.08. The van der Waals surface area contributed by atoms with Gasteiger partial charge in [0.15, 0.2) is 5.78 Å². The molecule has 0 fully saturated rings. The lowest BCUT2D eigenvalue weighted by molar-refractivity contribution is 0.0980. The molecule has 3 rings (SSSR count). The summed E-state index contributed by atoms with van der Waals surface area (Å²) in [6.07, 6.45) is 4.12. The lowest BCUT2D eigenvalue weighted by Gasteiger charge is -2.01. The number of ketones is 1. The molecule has 3 heteroatoms. The molecule has 0 saturated carbocycles. The first kappa shape index (κ1) is 13.4. The maximum absolute atomic E-state index is 12.0. The third kappa shape index (κ3) is 2.97. The lowest BCUT2D eigenvalue weighted by Crippen LogP contribution is -1.99. The van der Waals surface area contributed by atoms with E-state index in [0.717, 1.165) is 34.9 Å². The van der Waals surface area contributed by atoms with Crippen molar-refractivity contribution < 1.29 is 9.90 Å². The number of rotatable bonds is 5. The van der Waals surface area contributed by atoms with Crippen molar-refractivity contribution in [2.45, 2.75) is 19.3 Å². The van der Waals surface area contributed by atoms with E-state index in [4.69, 9.17) is 0 Å². The zero-order chi connectivity index (χ0) is 14.7. The first-order valence-electron chi connectivity index (χ1n) is 7.11. The van der Waals surface area contributed by atoms with E-state index in [-0.39, 0.29) is 11.5 Å². The second-order valence-corrected chi connectivity index (χ2v) is 5.19. The van der Waals surface area contributed by atoms with E-state index in [1.807, 2.05) is 42.6 Å². The van der Waals surface area contributed by atoms with Gasteiger partial charge in [-0.15, -0.1) is 0 Å². The quantitative estimate of drug-likeness (QED) is 0.691. The number of H-pyrrole nitrogens is 1. The third-order valence-corrected chi connectivity index (χ3v) is 3.70. The molecule has 0 unspecified atom stereocenters. The molecule has 3 aromatic rings. The summed E-state index contributed by atoms with van der Waals surface area (Å²) in [7, 11) is 0. The van der Waals surface area contributed by atoms with Crippen LogP contribution in [-0.4, -0.2) is 15.9 Å². The molecular formula is C18H17NO2. The molecule has 0 saturated heterocycles. The van der Waals surface area contributed by atoms with Crippen molar-refractivity contribution in [2.75, 3.05) is 0 Å². The summed E-state index contributed by atoms with van der Waals surface area (Å²) in [5.41, 5.74) is 2.92. The molecule has 0 bridgehead atoms. The third-order valence-electron chi connectivity index (χ3n) is 3.70. The summed E-state index contributed by atoms with van der Waals surface area (Å²) < 4.78 is 0. The van der Waals surface area contributed by atoms with Crippen LogP contribution in [0.3, 0.4) is 0 Å². The van der Waals surface area contributed by atoms with Crippen LogP contribution in [0.25, 0.3) is 10.9 Å². The van der Waals surface area contributed by atoms with Gasteiger partial charge in [0.2, 0.25) is 0 Å². The van der Waals surface area contributed by atoms with Crippen molar-refractivity contribution in [2.24, 2.45) is 0 Å². The average molecular weight is 279 g/mol. The monoisotopic (exact) mass is 279 g/mol. The van der Waals surface area contributed by atoms with E-state index in [1.165, 1.54) is 0 Å². The van der Waals surface area contributed by atoms with Crippen LogP contribution in [0.1, 0.15) is 28.8 Å². The highest BCUT2D eigenvalue weighted by molar-refractivity contribution is 5.96. The van der Waals surface area contributed by atoms with E-state index >= 15 is 0 Å². The van der Waals surface area contributed by atoms with Crippen LogP contribution >= 0.6 is 0 Å². The smallest absolute Gasteiger partial charge is 0.162 e. The minimum Gasteiger partial charge on any atom is -0.508 e. The molecule has 0 spiro atoms. The molecule has 0 aliphatic carbocycles. The highest BCUT2D eigenvalue weighted by Gasteiger charge is 2.08. The molecule has 0 aliphatic rings. The molecule has 0 aliphatic heterocycles. The van der Waals surface area contributed by atoms with Gasteiger partial charge in [0.1, 0.15) is 5.75 Å². The second kappa shape index (κ2) is 5.83.